The zero-order chi connectivity index (χ0) is 32.1. The normalized spacial score (nSPS) is 19.6. The number of anilines is 2. The molecular formula is C37H34N6O3S. The summed E-state index contributed by atoms with van der Waals surface area (Å²) >= 11 is 0. The maximum Gasteiger partial charge on any atom is 0.227 e. The Morgan fingerprint density at radius 2 is 1.72 bits per heavy atom. The zero-order valence-electron chi connectivity index (χ0n) is 26.0. The number of nitrogens with one attached hydrogen (secondary N) is 1. The van der Waals surface area contributed by atoms with Gasteiger partial charge in [-0.2, -0.15) is 5.10 Å². The highest BCUT2D eigenvalue weighted by atomic mass is 32.2. The van der Waals surface area contributed by atoms with E-state index in [0.717, 1.165) is 78.4 Å². The van der Waals surface area contributed by atoms with Gasteiger partial charge < -0.3 is 5.32 Å². The summed E-state index contributed by atoms with van der Waals surface area (Å²) in [7, 11) is -3.42. The molecule has 4 aliphatic rings. The first-order chi connectivity index (χ1) is 22.8. The van der Waals surface area contributed by atoms with Crippen molar-refractivity contribution in [2.75, 3.05) is 23.4 Å². The third-order valence-corrected chi connectivity index (χ3v) is 10.8. The lowest BCUT2D eigenvalue weighted by molar-refractivity contribution is -0.121. The molecule has 8 rings (SSSR count). The fourth-order valence-electron chi connectivity index (χ4n) is 6.82. The van der Waals surface area contributed by atoms with Crippen molar-refractivity contribution in [1.82, 2.24) is 9.88 Å². The van der Waals surface area contributed by atoms with Gasteiger partial charge in [0.05, 0.1) is 10.6 Å². The Labute approximate surface area is 274 Å². The van der Waals surface area contributed by atoms with Crippen molar-refractivity contribution < 1.29 is 13.2 Å². The van der Waals surface area contributed by atoms with E-state index in [1.165, 1.54) is 11.0 Å². The van der Waals surface area contributed by atoms with Gasteiger partial charge in [0.2, 0.25) is 15.7 Å². The maximum atomic E-state index is 13.0. The van der Waals surface area contributed by atoms with Crippen molar-refractivity contribution in [3.05, 3.63) is 101 Å². The number of piperidine rings is 1. The molecule has 1 unspecified atom stereocenters. The first-order valence-corrected chi connectivity index (χ1v) is 17.5. The predicted molar refractivity (Wildman–Crippen MR) is 186 cm³/mol. The van der Waals surface area contributed by atoms with Gasteiger partial charge in [-0.3, -0.25) is 14.7 Å². The van der Waals surface area contributed by atoms with E-state index in [-0.39, 0.29) is 22.9 Å². The number of hydrazone groups is 1. The number of aliphatic imine (C=N–C) groups is 1. The fourth-order valence-corrected chi connectivity index (χ4v) is 8.05. The molecule has 1 saturated heterocycles. The molecule has 0 saturated carbocycles. The summed E-state index contributed by atoms with van der Waals surface area (Å²) in [5.41, 5.74) is 8.51. The largest absolute Gasteiger partial charge is 0.326 e. The summed E-state index contributed by atoms with van der Waals surface area (Å²) in [5, 5.41) is 10.8. The number of hydrogen-bond donors (Lipinski definition) is 1. The Balaban J connectivity index is 0.952. The quantitative estimate of drug-likeness (QED) is 0.262. The number of pyridine rings is 1. The molecule has 1 fully saturated rings. The van der Waals surface area contributed by atoms with E-state index < -0.39 is 9.84 Å². The lowest BCUT2D eigenvalue weighted by Gasteiger charge is -2.31. The summed E-state index contributed by atoms with van der Waals surface area (Å²) < 4.78 is 24.4. The number of nitrogens with zero attached hydrogens (tertiary/aromatic N) is 5. The first-order valence-electron chi connectivity index (χ1n) is 16.0. The fraction of sp³-hybridized carbons (Fsp3) is 0.243. The number of fused-ring (bicyclic) bond motifs is 4. The van der Waals surface area contributed by atoms with Crippen LogP contribution in [0.4, 0.5) is 11.5 Å². The van der Waals surface area contributed by atoms with E-state index in [1.54, 1.807) is 24.3 Å². The van der Waals surface area contributed by atoms with E-state index in [9.17, 15) is 13.2 Å². The molecule has 236 valence electrons. The van der Waals surface area contributed by atoms with Crippen LogP contribution in [0.15, 0.2) is 99.3 Å². The standard InChI is InChI=1S/C37H34N6O3S/c1-24-19-34-38-22-30-20-32(26-5-3-2-4-6-26)35(40-36(30)43(34)41-24)28-9-7-25(8-10-28)23-42-16-13-29(14-17-42)37(44)39-31-12-11-27-15-18-47(45,46)33(27)21-31/h2-12,15,18,20-22,29,34H,13-14,16-17,19,23H2,1H3,(H,39,44). The van der Waals surface area contributed by atoms with E-state index >= 15 is 0 Å². The van der Waals surface area contributed by atoms with Crippen LogP contribution in [0, 0.1) is 5.92 Å². The SMILES string of the molecule is CC1=NN2c3nc(-c4ccc(CN5CCC(C(=O)Nc6ccc7c(c6)S(=O)(=O)C=C7)CC5)cc4)c(-c4ccccc4)cc3C=NC2C1. The van der Waals surface area contributed by atoms with Gasteiger partial charge in [-0.15, -0.1) is 0 Å². The van der Waals surface area contributed by atoms with Crippen LogP contribution in [0.1, 0.15) is 42.9 Å². The molecule has 3 aromatic carbocycles. The van der Waals surface area contributed by atoms with E-state index in [0.29, 0.717) is 11.3 Å². The van der Waals surface area contributed by atoms with Gasteiger partial charge in [0.25, 0.3) is 0 Å². The maximum absolute atomic E-state index is 13.0. The van der Waals surface area contributed by atoms with Gasteiger partial charge in [-0.05, 0) is 73.8 Å². The number of hydrogen-bond acceptors (Lipinski definition) is 8. The molecule has 4 aromatic rings. The number of carbonyl (C=O) groups is 1. The second-order valence-corrected chi connectivity index (χ2v) is 14.4. The smallest absolute Gasteiger partial charge is 0.227 e. The number of aromatic nitrogens is 1. The van der Waals surface area contributed by atoms with Crippen LogP contribution in [-0.4, -0.2) is 55.4 Å². The molecular weight excluding hydrogens is 609 g/mol. The minimum atomic E-state index is -3.42. The minimum Gasteiger partial charge on any atom is -0.326 e. The highest BCUT2D eigenvalue weighted by Crippen LogP contribution is 2.38. The summed E-state index contributed by atoms with van der Waals surface area (Å²) in [6.07, 6.45) is 5.79. The highest BCUT2D eigenvalue weighted by molar-refractivity contribution is 7.94. The van der Waals surface area contributed by atoms with Crippen molar-refractivity contribution in [1.29, 1.82) is 0 Å². The van der Waals surface area contributed by atoms with Gasteiger partial charge in [0.15, 0.2) is 5.82 Å². The Kier molecular flexibility index (Phi) is 7.34. The van der Waals surface area contributed by atoms with E-state index in [1.807, 2.05) is 36.3 Å². The molecule has 1 N–H and O–H groups in total. The lowest BCUT2D eigenvalue weighted by Crippen LogP contribution is -2.37. The van der Waals surface area contributed by atoms with Crippen molar-refractivity contribution in [3.63, 3.8) is 0 Å². The molecule has 0 radical (unpaired) electrons. The van der Waals surface area contributed by atoms with E-state index in [2.05, 4.69) is 52.7 Å². The topological polar surface area (TPSA) is 107 Å². The van der Waals surface area contributed by atoms with Crippen LogP contribution in [0.2, 0.25) is 0 Å². The van der Waals surface area contributed by atoms with Crippen molar-refractivity contribution in [2.24, 2.45) is 16.0 Å². The number of benzene rings is 3. The average molecular weight is 643 g/mol. The van der Waals surface area contributed by atoms with Crippen LogP contribution >= 0.6 is 0 Å². The molecule has 9 nitrogen and oxygen atoms in total. The molecule has 1 atom stereocenters. The van der Waals surface area contributed by atoms with Crippen LogP contribution in [-0.2, 0) is 21.2 Å². The van der Waals surface area contributed by atoms with Crippen LogP contribution in [0.3, 0.4) is 0 Å². The number of carbonyl (C=O) groups excluding carboxylic acids is 1. The van der Waals surface area contributed by atoms with Crippen LogP contribution in [0.25, 0.3) is 28.5 Å². The summed E-state index contributed by atoms with van der Waals surface area (Å²) in [4.78, 5) is 25.6. The van der Waals surface area contributed by atoms with Gasteiger partial charge in [0, 0.05) is 58.6 Å². The number of likely N-dealkylation sites (tertiary alicyclic amines) is 1. The lowest BCUT2D eigenvalue weighted by atomic mass is 9.95. The Hall–Kier alpha value is -4.93. The van der Waals surface area contributed by atoms with Crippen LogP contribution < -0.4 is 10.3 Å². The first kappa shape index (κ1) is 29.5. The Bertz CT molecular complexity index is 2080. The second kappa shape index (κ2) is 11.7. The molecule has 5 heterocycles. The summed E-state index contributed by atoms with van der Waals surface area (Å²) in [6, 6.07) is 26.2. The van der Waals surface area contributed by atoms with E-state index in [4.69, 9.17) is 15.1 Å². The van der Waals surface area contributed by atoms with Gasteiger partial charge in [-0.1, -0.05) is 60.7 Å². The van der Waals surface area contributed by atoms with Crippen molar-refractivity contribution >= 4 is 45.3 Å². The average Bonchev–Trinajstić information content (AvgIpc) is 3.63. The number of amides is 1. The molecule has 0 bridgehead atoms. The third kappa shape index (κ3) is 5.68. The summed E-state index contributed by atoms with van der Waals surface area (Å²) in [6.45, 7) is 4.45. The molecule has 4 aliphatic heterocycles. The second-order valence-electron chi connectivity index (χ2n) is 12.6. The van der Waals surface area contributed by atoms with Gasteiger partial charge >= 0.3 is 0 Å². The molecule has 47 heavy (non-hydrogen) atoms. The van der Waals surface area contributed by atoms with Crippen LogP contribution in [0.5, 0.6) is 0 Å². The highest BCUT2D eigenvalue weighted by Gasteiger charge is 2.32. The molecule has 10 heteroatoms. The van der Waals surface area contributed by atoms with Gasteiger partial charge in [-0.25, -0.2) is 18.4 Å². The Morgan fingerprint density at radius 3 is 2.51 bits per heavy atom. The van der Waals surface area contributed by atoms with Crippen molar-refractivity contribution in [3.8, 4) is 22.4 Å². The number of rotatable bonds is 6. The predicted octanol–water partition coefficient (Wildman–Crippen LogP) is 6.37. The number of sulfone groups is 1. The molecule has 0 aliphatic carbocycles. The van der Waals surface area contributed by atoms with Crippen molar-refractivity contribution in [2.45, 2.75) is 43.8 Å². The summed E-state index contributed by atoms with van der Waals surface area (Å²) in [5.74, 6) is 0.665. The Morgan fingerprint density at radius 1 is 0.936 bits per heavy atom. The molecule has 1 aromatic heterocycles. The monoisotopic (exact) mass is 642 g/mol. The molecule has 0 spiro atoms. The van der Waals surface area contributed by atoms with Gasteiger partial charge in [0.1, 0.15) is 6.17 Å². The zero-order valence-corrected chi connectivity index (χ0v) is 26.8. The minimum absolute atomic E-state index is 0.0293. The molecule has 1 amide bonds. The third-order valence-electron chi connectivity index (χ3n) is 9.36.